The van der Waals surface area contributed by atoms with Gasteiger partial charge in [-0.15, -0.1) is 0 Å². The van der Waals surface area contributed by atoms with Crippen LogP contribution in [0.4, 0.5) is 10.5 Å². The molecule has 0 aromatic heterocycles. The summed E-state index contributed by atoms with van der Waals surface area (Å²) in [6, 6.07) is 8.32. The number of benzene rings is 1. The van der Waals surface area contributed by atoms with E-state index in [1.165, 1.54) is 5.69 Å². The van der Waals surface area contributed by atoms with E-state index >= 15 is 0 Å². The molecule has 6 heteroatoms. The minimum Gasteiger partial charge on any atom is -0.497 e. The molecule has 1 aromatic carbocycles. The first-order valence-corrected chi connectivity index (χ1v) is 10.6. The lowest BCUT2D eigenvalue weighted by Crippen LogP contribution is -2.47. The number of anilines is 1. The molecule has 3 aliphatic rings. The minimum atomic E-state index is 0.108. The second kappa shape index (κ2) is 8.19. The molecule has 2 saturated heterocycles. The van der Waals surface area contributed by atoms with Crippen LogP contribution in [0, 0.1) is 11.3 Å². The van der Waals surface area contributed by atoms with Gasteiger partial charge in [0.05, 0.1) is 13.2 Å². The summed E-state index contributed by atoms with van der Waals surface area (Å²) in [5.41, 5.74) is 1.52. The molecule has 0 bridgehead atoms. The molecule has 0 radical (unpaired) electrons. The van der Waals surface area contributed by atoms with Crippen LogP contribution >= 0.6 is 0 Å². The van der Waals surface area contributed by atoms with Crippen LogP contribution in [0.3, 0.4) is 0 Å². The van der Waals surface area contributed by atoms with Crippen LogP contribution in [0.2, 0.25) is 0 Å². The van der Waals surface area contributed by atoms with Crippen LogP contribution in [-0.4, -0.2) is 63.5 Å². The van der Waals surface area contributed by atoms with Crippen LogP contribution in [0.5, 0.6) is 5.75 Å². The van der Waals surface area contributed by atoms with Gasteiger partial charge < -0.3 is 24.6 Å². The monoisotopic (exact) mass is 387 g/mol. The van der Waals surface area contributed by atoms with Crippen molar-refractivity contribution in [3.05, 3.63) is 24.3 Å². The Kier molecular flexibility index (Phi) is 5.67. The number of methoxy groups -OCH3 is 1. The SMILES string of the molecule is CCOC1CC2(CCN(C(=O)NCC3CCN(c4cccc(OC)c4)C3)C2)C1. The van der Waals surface area contributed by atoms with E-state index in [0.717, 1.165) is 70.8 Å². The Bertz CT molecular complexity index is 689. The normalized spacial score (nSPS) is 29.2. The van der Waals surface area contributed by atoms with Crippen molar-refractivity contribution in [3.8, 4) is 5.75 Å². The van der Waals surface area contributed by atoms with Crippen molar-refractivity contribution in [2.24, 2.45) is 11.3 Å². The maximum atomic E-state index is 12.6. The highest BCUT2D eigenvalue weighted by molar-refractivity contribution is 5.74. The molecule has 1 atom stereocenters. The first-order valence-electron chi connectivity index (χ1n) is 10.6. The molecule has 3 fully saturated rings. The van der Waals surface area contributed by atoms with Gasteiger partial charge in [-0.05, 0) is 56.1 Å². The molecular weight excluding hydrogens is 354 g/mol. The molecule has 1 unspecified atom stereocenters. The van der Waals surface area contributed by atoms with Gasteiger partial charge >= 0.3 is 6.03 Å². The highest BCUT2D eigenvalue weighted by atomic mass is 16.5. The highest BCUT2D eigenvalue weighted by Gasteiger charge is 2.49. The number of nitrogens with one attached hydrogen (secondary N) is 1. The molecule has 154 valence electrons. The van der Waals surface area contributed by atoms with Crippen molar-refractivity contribution in [1.82, 2.24) is 10.2 Å². The van der Waals surface area contributed by atoms with E-state index in [2.05, 4.69) is 29.3 Å². The number of likely N-dealkylation sites (tertiary alicyclic amines) is 1. The summed E-state index contributed by atoms with van der Waals surface area (Å²) in [6.45, 7) is 7.38. The van der Waals surface area contributed by atoms with E-state index in [0.29, 0.717) is 17.4 Å². The Morgan fingerprint density at radius 2 is 2.18 bits per heavy atom. The topological polar surface area (TPSA) is 54.0 Å². The summed E-state index contributed by atoms with van der Waals surface area (Å²) in [5, 5.41) is 3.19. The second-order valence-corrected chi connectivity index (χ2v) is 8.65. The van der Waals surface area contributed by atoms with E-state index in [4.69, 9.17) is 9.47 Å². The molecule has 2 heterocycles. The van der Waals surface area contributed by atoms with E-state index in [1.807, 2.05) is 17.0 Å². The second-order valence-electron chi connectivity index (χ2n) is 8.65. The van der Waals surface area contributed by atoms with Crippen molar-refractivity contribution >= 4 is 11.7 Å². The molecule has 1 N–H and O–H groups in total. The number of amides is 2. The number of rotatable bonds is 6. The van der Waals surface area contributed by atoms with E-state index in [-0.39, 0.29) is 6.03 Å². The van der Waals surface area contributed by atoms with Crippen molar-refractivity contribution in [3.63, 3.8) is 0 Å². The molecule has 28 heavy (non-hydrogen) atoms. The number of carbonyl (C=O) groups excluding carboxylic acids is 1. The molecule has 2 aliphatic heterocycles. The Morgan fingerprint density at radius 3 is 2.96 bits per heavy atom. The first-order chi connectivity index (χ1) is 13.6. The van der Waals surface area contributed by atoms with Gasteiger partial charge in [-0.2, -0.15) is 0 Å². The fraction of sp³-hybridized carbons (Fsp3) is 0.682. The Labute approximate surface area is 168 Å². The third-order valence-corrected chi connectivity index (χ3v) is 6.70. The van der Waals surface area contributed by atoms with Crippen LogP contribution in [0.25, 0.3) is 0 Å². The average molecular weight is 388 g/mol. The molecule has 1 saturated carbocycles. The van der Waals surface area contributed by atoms with Gasteiger partial charge in [0.25, 0.3) is 0 Å². The standard InChI is InChI=1S/C22H33N3O3/c1-3-28-20-12-22(13-20)8-10-25(16-22)21(26)23-14-17-7-9-24(15-17)18-5-4-6-19(11-18)27-2/h4-6,11,17,20H,3,7-10,12-16H2,1-2H3,(H,23,26). The Hall–Kier alpha value is -1.95. The molecule has 2 amide bonds. The zero-order valence-electron chi connectivity index (χ0n) is 17.2. The minimum absolute atomic E-state index is 0.108. The van der Waals surface area contributed by atoms with Gasteiger partial charge in [-0.25, -0.2) is 4.79 Å². The fourth-order valence-electron chi connectivity index (χ4n) is 5.09. The van der Waals surface area contributed by atoms with E-state index < -0.39 is 0 Å². The zero-order valence-corrected chi connectivity index (χ0v) is 17.2. The summed E-state index contributed by atoms with van der Waals surface area (Å²) in [6.07, 6.45) is 4.87. The predicted octanol–water partition coefficient (Wildman–Crippen LogP) is 3.12. The van der Waals surface area contributed by atoms with Crippen LogP contribution < -0.4 is 15.0 Å². The van der Waals surface area contributed by atoms with Crippen LogP contribution in [0.15, 0.2) is 24.3 Å². The van der Waals surface area contributed by atoms with Crippen LogP contribution in [0.1, 0.15) is 32.6 Å². The van der Waals surface area contributed by atoms with Gasteiger partial charge in [-0.3, -0.25) is 0 Å². The van der Waals surface area contributed by atoms with Crippen LogP contribution in [-0.2, 0) is 4.74 Å². The number of hydrogen-bond acceptors (Lipinski definition) is 4. The molecule has 1 aromatic rings. The zero-order chi connectivity index (χ0) is 19.6. The molecule has 1 aliphatic carbocycles. The molecule has 6 nitrogen and oxygen atoms in total. The highest BCUT2D eigenvalue weighted by Crippen LogP contribution is 2.49. The fourth-order valence-corrected chi connectivity index (χ4v) is 5.09. The van der Waals surface area contributed by atoms with Gasteiger partial charge in [-0.1, -0.05) is 6.07 Å². The summed E-state index contributed by atoms with van der Waals surface area (Å²) < 4.78 is 11.0. The van der Waals surface area contributed by atoms with Gasteiger partial charge in [0.15, 0.2) is 0 Å². The van der Waals surface area contributed by atoms with E-state index in [1.54, 1.807) is 7.11 Å². The lowest BCUT2D eigenvalue weighted by molar-refractivity contribution is -0.0704. The summed E-state index contributed by atoms with van der Waals surface area (Å²) in [4.78, 5) is 17.0. The first kappa shape index (κ1) is 19.4. The van der Waals surface area contributed by atoms with Gasteiger partial charge in [0, 0.05) is 51.1 Å². The molecule has 4 rings (SSSR count). The maximum absolute atomic E-state index is 12.6. The van der Waals surface area contributed by atoms with Crippen molar-refractivity contribution in [2.75, 3.05) is 51.3 Å². The lowest BCUT2D eigenvalue weighted by Gasteiger charge is -2.44. The summed E-state index contributed by atoms with van der Waals surface area (Å²) >= 11 is 0. The van der Waals surface area contributed by atoms with Gasteiger partial charge in [0.2, 0.25) is 0 Å². The average Bonchev–Trinajstić information content (AvgIpc) is 3.34. The molecule has 1 spiro atoms. The number of hydrogen-bond donors (Lipinski definition) is 1. The van der Waals surface area contributed by atoms with E-state index in [9.17, 15) is 4.79 Å². The quantitative estimate of drug-likeness (QED) is 0.815. The number of ether oxygens (including phenoxy) is 2. The van der Waals surface area contributed by atoms with Crippen molar-refractivity contribution in [1.29, 1.82) is 0 Å². The molecular formula is C22H33N3O3. The number of urea groups is 1. The predicted molar refractivity (Wildman–Crippen MR) is 110 cm³/mol. The smallest absolute Gasteiger partial charge is 0.317 e. The third kappa shape index (κ3) is 4.07. The summed E-state index contributed by atoms with van der Waals surface area (Å²) in [5.74, 6) is 1.39. The van der Waals surface area contributed by atoms with Crippen molar-refractivity contribution < 1.29 is 14.3 Å². The largest absolute Gasteiger partial charge is 0.497 e. The lowest BCUT2D eigenvalue weighted by atomic mass is 9.66. The third-order valence-electron chi connectivity index (χ3n) is 6.70. The number of carbonyl (C=O) groups is 1. The maximum Gasteiger partial charge on any atom is 0.317 e. The van der Waals surface area contributed by atoms with Crippen molar-refractivity contribution in [2.45, 2.75) is 38.7 Å². The number of nitrogens with zero attached hydrogens (tertiary/aromatic N) is 2. The Morgan fingerprint density at radius 1 is 1.32 bits per heavy atom. The van der Waals surface area contributed by atoms with Gasteiger partial charge in [0.1, 0.15) is 5.75 Å². The summed E-state index contributed by atoms with van der Waals surface area (Å²) in [7, 11) is 1.70. The Balaban J connectivity index is 1.21.